The van der Waals surface area contributed by atoms with Gasteiger partial charge in [0.05, 0.1) is 0 Å². The van der Waals surface area contributed by atoms with E-state index in [0.29, 0.717) is 0 Å². The van der Waals surface area contributed by atoms with Crippen molar-refractivity contribution in [3.05, 3.63) is 29.8 Å². The van der Waals surface area contributed by atoms with Gasteiger partial charge in [0.25, 0.3) is 0 Å². The molecule has 1 aliphatic heterocycles. The van der Waals surface area contributed by atoms with Gasteiger partial charge in [-0.1, -0.05) is 18.2 Å². The van der Waals surface area contributed by atoms with E-state index in [1.54, 1.807) is 0 Å². The maximum Gasteiger partial charge on any atom is 0.207 e. The third kappa shape index (κ3) is 0.899. The molecule has 0 aromatic heterocycles. The molecule has 1 nitrogen and oxygen atoms in total. The van der Waals surface area contributed by atoms with Crippen LogP contribution in [0, 0.1) is 0 Å². The molecule has 1 aliphatic rings. The van der Waals surface area contributed by atoms with Gasteiger partial charge in [-0.3, -0.25) is 0 Å². The van der Waals surface area contributed by atoms with E-state index < -0.39 is 0 Å². The van der Waals surface area contributed by atoms with Gasteiger partial charge in [-0.15, -0.1) is 0 Å². The summed E-state index contributed by atoms with van der Waals surface area (Å²) in [6.07, 6.45) is 0.896. The van der Waals surface area contributed by atoms with Crippen molar-refractivity contribution < 1.29 is 4.58 Å². The van der Waals surface area contributed by atoms with Gasteiger partial charge in [0, 0.05) is 18.1 Å². The van der Waals surface area contributed by atoms with Gasteiger partial charge in [0.2, 0.25) is 13.5 Å². The highest BCUT2D eigenvalue weighted by atomic mass is 15.0. The van der Waals surface area contributed by atoms with Gasteiger partial charge in [0.1, 0.15) is 12.7 Å². The summed E-state index contributed by atoms with van der Waals surface area (Å²) in [5, 5.41) is 0. The highest BCUT2D eigenvalue weighted by Gasteiger charge is 2.21. The molecule has 0 aliphatic carbocycles. The van der Waals surface area contributed by atoms with Crippen molar-refractivity contribution in [3.8, 4) is 0 Å². The van der Waals surface area contributed by atoms with Crippen molar-refractivity contribution >= 4 is 19.1 Å². The maximum absolute atomic E-state index is 5.77. The van der Waals surface area contributed by atoms with Crippen molar-refractivity contribution in [2.45, 2.75) is 6.42 Å². The molecular formula is C9H9BN+. The molecule has 2 radical (unpaired) electrons. The van der Waals surface area contributed by atoms with Crippen LogP contribution in [-0.4, -0.2) is 25.1 Å². The minimum atomic E-state index is 0.896. The van der Waals surface area contributed by atoms with Gasteiger partial charge in [0.15, 0.2) is 0 Å². The normalized spacial score (nSPS) is 15.4. The second-order valence-electron chi connectivity index (χ2n) is 2.86. The highest BCUT2D eigenvalue weighted by Crippen LogP contribution is 2.23. The van der Waals surface area contributed by atoms with E-state index in [1.165, 1.54) is 11.3 Å². The fourth-order valence-corrected chi connectivity index (χ4v) is 1.46. The van der Waals surface area contributed by atoms with Gasteiger partial charge < -0.3 is 0 Å². The Labute approximate surface area is 67.8 Å². The van der Waals surface area contributed by atoms with Gasteiger partial charge in [-0.2, -0.15) is 0 Å². The third-order valence-electron chi connectivity index (χ3n) is 2.16. The molecule has 1 aromatic carbocycles. The Morgan fingerprint density at radius 1 is 1.36 bits per heavy atom. The lowest BCUT2D eigenvalue weighted by molar-refractivity contribution is -0.399. The fraction of sp³-hybridized carbons (Fsp3) is 0.222. The SMILES string of the molecule is [B]C1=[N+](C)c2ccccc2C1. The molecule has 0 spiro atoms. The van der Waals surface area contributed by atoms with Crippen LogP contribution in [0.3, 0.4) is 0 Å². The Morgan fingerprint density at radius 2 is 2.09 bits per heavy atom. The van der Waals surface area contributed by atoms with Crippen LogP contribution in [0.25, 0.3) is 0 Å². The van der Waals surface area contributed by atoms with Crippen LogP contribution in [0.5, 0.6) is 0 Å². The predicted octanol–water partition coefficient (Wildman–Crippen LogP) is 1.08. The van der Waals surface area contributed by atoms with Crippen LogP contribution in [0.2, 0.25) is 0 Å². The first-order valence-electron chi connectivity index (χ1n) is 3.72. The van der Waals surface area contributed by atoms with Crippen molar-refractivity contribution in [3.63, 3.8) is 0 Å². The lowest BCUT2D eigenvalue weighted by atomic mass is 9.96. The standard InChI is InChI=1S/C9H9BN/c1-11-8-5-3-2-4-7(8)6-9(11)10/h2-5H,6H2,1H3/q+1. The summed E-state index contributed by atoms with van der Waals surface area (Å²) >= 11 is 0. The van der Waals surface area contributed by atoms with Crippen molar-refractivity contribution in [2.75, 3.05) is 7.05 Å². The van der Waals surface area contributed by atoms with E-state index in [0.717, 1.165) is 12.0 Å². The van der Waals surface area contributed by atoms with Crippen LogP contribution in [0.15, 0.2) is 24.3 Å². The van der Waals surface area contributed by atoms with Crippen molar-refractivity contribution in [1.82, 2.24) is 0 Å². The number of hydrogen-bond donors (Lipinski definition) is 0. The summed E-state index contributed by atoms with van der Waals surface area (Å²) < 4.78 is 2.04. The molecule has 11 heavy (non-hydrogen) atoms. The minimum absolute atomic E-state index is 0.896. The zero-order chi connectivity index (χ0) is 7.84. The number of para-hydroxylation sites is 1. The Hall–Kier alpha value is -1.05. The largest absolute Gasteiger partial charge is 0.213 e. The number of benzene rings is 1. The summed E-state index contributed by atoms with van der Waals surface area (Å²) in [5.41, 5.74) is 3.50. The first-order valence-corrected chi connectivity index (χ1v) is 3.72. The van der Waals surface area contributed by atoms with Crippen LogP contribution in [0.1, 0.15) is 5.56 Å². The quantitative estimate of drug-likeness (QED) is 0.376. The molecule has 0 atom stereocenters. The van der Waals surface area contributed by atoms with Gasteiger partial charge >= 0.3 is 0 Å². The molecule has 0 saturated carbocycles. The molecular weight excluding hydrogens is 133 g/mol. The number of hydrogen-bond acceptors (Lipinski definition) is 0. The Balaban J connectivity index is 2.60. The second-order valence-corrected chi connectivity index (χ2v) is 2.86. The van der Waals surface area contributed by atoms with Crippen molar-refractivity contribution in [2.24, 2.45) is 0 Å². The van der Waals surface area contributed by atoms with Crippen LogP contribution >= 0.6 is 0 Å². The molecule has 0 N–H and O–H groups in total. The lowest BCUT2D eigenvalue weighted by Crippen LogP contribution is -2.07. The lowest BCUT2D eigenvalue weighted by Gasteiger charge is -1.91. The van der Waals surface area contributed by atoms with Crippen molar-refractivity contribution in [1.29, 1.82) is 0 Å². The zero-order valence-electron chi connectivity index (χ0n) is 6.54. The topological polar surface area (TPSA) is 3.01 Å². The third-order valence-corrected chi connectivity index (χ3v) is 2.16. The van der Waals surface area contributed by atoms with E-state index >= 15 is 0 Å². The van der Waals surface area contributed by atoms with E-state index in [-0.39, 0.29) is 0 Å². The number of nitrogens with zero attached hydrogens (tertiary/aromatic N) is 1. The van der Waals surface area contributed by atoms with Crippen LogP contribution < -0.4 is 0 Å². The average Bonchev–Trinajstić information content (AvgIpc) is 2.30. The summed E-state index contributed by atoms with van der Waals surface area (Å²) in [5.74, 6) is 0. The Morgan fingerprint density at radius 3 is 2.82 bits per heavy atom. The maximum atomic E-state index is 5.77. The van der Waals surface area contributed by atoms with E-state index in [1.807, 2.05) is 23.8 Å². The summed E-state index contributed by atoms with van der Waals surface area (Å²) in [7, 11) is 7.77. The average molecular weight is 142 g/mol. The molecule has 0 fully saturated rings. The minimum Gasteiger partial charge on any atom is -0.213 e. The summed E-state index contributed by atoms with van der Waals surface area (Å²) in [4.78, 5) is 0. The monoisotopic (exact) mass is 142 g/mol. The predicted molar refractivity (Wildman–Crippen MR) is 46.8 cm³/mol. The number of fused-ring (bicyclic) bond motifs is 1. The highest BCUT2D eigenvalue weighted by molar-refractivity contribution is 6.58. The Bertz CT molecular complexity index is 328. The fourth-order valence-electron chi connectivity index (χ4n) is 1.46. The molecule has 0 saturated heterocycles. The Kier molecular flexibility index (Phi) is 1.35. The molecule has 52 valence electrons. The van der Waals surface area contributed by atoms with Crippen LogP contribution in [0.4, 0.5) is 5.69 Å². The summed E-state index contributed by atoms with van der Waals surface area (Å²) in [6.45, 7) is 0. The molecule has 1 aromatic rings. The van der Waals surface area contributed by atoms with E-state index in [2.05, 4.69) is 12.1 Å². The zero-order valence-corrected chi connectivity index (χ0v) is 6.54. The second kappa shape index (κ2) is 2.23. The summed E-state index contributed by atoms with van der Waals surface area (Å²) in [6, 6.07) is 8.29. The smallest absolute Gasteiger partial charge is 0.207 e. The molecule has 2 rings (SSSR count). The molecule has 2 heteroatoms. The molecule has 0 unspecified atom stereocenters. The van der Waals surface area contributed by atoms with E-state index in [4.69, 9.17) is 7.85 Å². The number of rotatable bonds is 0. The van der Waals surface area contributed by atoms with E-state index in [9.17, 15) is 0 Å². The van der Waals surface area contributed by atoms with Crippen LogP contribution in [-0.2, 0) is 6.42 Å². The molecule has 0 bridgehead atoms. The van der Waals surface area contributed by atoms with Gasteiger partial charge in [-0.25, -0.2) is 4.58 Å². The first-order chi connectivity index (χ1) is 5.29. The van der Waals surface area contributed by atoms with Gasteiger partial charge in [-0.05, 0) is 0 Å². The molecule has 0 amide bonds. The first kappa shape index (κ1) is 6.65. The molecule has 1 heterocycles.